The average molecular weight is 372 g/mol. The summed E-state index contributed by atoms with van der Waals surface area (Å²) in [6.07, 6.45) is 15.5. The molecule has 0 atom stereocenters. The van der Waals surface area contributed by atoms with Crippen molar-refractivity contribution >= 4 is 11.4 Å². The average Bonchev–Trinajstić information content (AvgIpc) is 2.50. The van der Waals surface area contributed by atoms with E-state index in [9.17, 15) is 0 Å². The second-order valence-corrected chi connectivity index (χ2v) is 6.03. The Kier molecular flexibility index (Phi) is 30.4. The Morgan fingerprint density at radius 3 is 1.54 bits per heavy atom. The second-order valence-electron chi connectivity index (χ2n) is 5.62. The van der Waals surface area contributed by atoms with Gasteiger partial charge in [-0.05, 0) is 18.4 Å². The standard InChI is InChI=1S/C18H30.2Na.H2O3S/c1-2-3-4-5-6-7-8-9-10-12-15-18-16-13-11-14-17-18;;;1-4(2)3/h11,13-14,16-17H,2-10,12,15H2,1H3;;;(H2,1,2,3)/q;2*+1;/p-2. The molecule has 0 unspecified atom stereocenters. The van der Waals surface area contributed by atoms with Crippen LogP contribution in [0.4, 0.5) is 0 Å². The van der Waals surface area contributed by atoms with Crippen LogP contribution in [0.2, 0.25) is 0 Å². The minimum atomic E-state index is -3.11. The van der Waals surface area contributed by atoms with E-state index < -0.39 is 11.4 Å². The zero-order valence-electron chi connectivity index (χ0n) is 15.8. The van der Waals surface area contributed by atoms with Crippen LogP contribution in [-0.2, 0) is 17.8 Å². The Morgan fingerprint density at radius 2 is 1.12 bits per heavy atom. The van der Waals surface area contributed by atoms with E-state index in [2.05, 4.69) is 37.3 Å². The smallest absolute Gasteiger partial charge is 0.784 e. The van der Waals surface area contributed by atoms with Gasteiger partial charge in [0.25, 0.3) is 0 Å². The van der Waals surface area contributed by atoms with Crippen LogP contribution in [-0.4, -0.2) is 13.3 Å². The van der Waals surface area contributed by atoms with Crippen molar-refractivity contribution in [1.82, 2.24) is 0 Å². The van der Waals surface area contributed by atoms with Crippen LogP contribution < -0.4 is 59.1 Å². The fourth-order valence-corrected chi connectivity index (χ4v) is 2.46. The van der Waals surface area contributed by atoms with Crippen LogP contribution >= 0.6 is 0 Å². The maximum atomic E-state index is 8.44. The number of unbranched alkanes of at least 4 members (excludes halogenated alkanes) is 9. The topological polar surface area (TPSA) is 63.2 Å². The van der Waals surface area contributed by atoms with Gasteiger partial charge >= 0.3 is 59.1 Å². The zero-order chi connectivity index (χ0) is 16.5. The van der Waals surface area contributed by atoms with E-state index in [1.807, 2.05) is 0 Å². The third-order valence-electron chi connectivity index (χ3n) is 3.66. The first-order valence-electron chi connectivity index (χ1n) is 8.47. The van der Waals surface area contributed by atoms with Gasteiger partial charge in [0, 0.05) is 0 Å². The maximum absolute atomic E-state index is 8.44. The number of hydrogen-bond donors (Lipinski definition) is 0. The van der Waals surface area contributed by atoms with Crippen molar-refractivity contribution in [3.05, 3.63) is 35.9 Å². The van der Waals surface area contributed by atoms with E-state index in [0.29, 0.717) is 0 Å². The van der Waals surface area contributed by atoms with Crippen LogP contribution in [0.1, 0.15) is 76.7 Å². The molecule has 0 N–H and O–H groups in total. The second kappa shape index (κ2) is 24.3. The van der Waals surface area contributed by atoms with Crippen molar-refractivity contribution in [2.24, 2.45) is 0 Å². The van der Waals surface area contributed by atoms with Gasteiger partial charge < -0.3 is 9.11 Å². The molecule has 0 saturated heterocycles. The predicted molar refractivity (Wildman–Crippen MR) is 91.7 cm³/mol. The maximum Gasteiger partial charge on any atom is 1.00 e. The molecule has 0 radical (unpaired) electrons. The number of aryl methyl sites for hydroxylation is 1. The first-order valence-corrected chi connectivity index (χ1v) is 9.47. The van der Waals surface area contributed by atoms with E-state index >= 15 is 0 Å². The van der Waals surface area contributed by atoms with Crippen molar-refractivity contribution in [2.75, 3.05) is 0 Å². The third-order valence-corrected chi connectivity index (χ3v) is 3.66. The molecule has 128 valence electrons. The first kappa shape index (κ1) is 30.0. The summed E-state index contributed by atoms with van der Waals surface area (Å²) >= 11 is -3.11. The molecule has 0 fully saturated rings. The van der Waals surface area contributed by atoms with Gasteiger partial charge in [0.15, 0.2) is 0 Å². The van der Waals surface area contributed by atoms with E-state index in [4.69, 9.17) is 13.3 Å². The molecule has 0 spiro atoms. The molecule has 0 aromatic heterocycles. The quantitative estimate of drug-likeness (QED) is 0.289. The minimum Gasteiger partial charge on any atom is -0.784 e. The van der Waals surface area contributed by atoms with Gasteiger partial charge in [0.2, 0.25) is 0 Å². The van der Waals surface area contributed by atoms with Crippen LogP contribution in [0.25, 0.3) is 0 Å². The first-order chi connectivity index (χ1) is 10.7. The van der Waals surface area contributed by atoms with Crippen LogP contribution in [0.5, 0.6) is 0 Å². The molecule has 1 aromatic carbocycles. The van der Waals surface area contributed by atoms with Gasteiger partial charge in [0.1, 0.15) is 0 Å². The Morgan fingerprint density at radius 1 is 0.750 bits per heavy atom. The predicted octanol–water partition coefficient (Wildman–Crippen LogP) is -0.846. The summed E-state index contributed by atoms with van der Waals surface area (Å²) in [6, 6.07) is 10.9. The Hall–Kier alpha value is 1.29. The molecule has 0 saturated carbocycles. The SMILES string of the molecule is CCCCCCCCCCCCc1ccccc1.O=S([O-])[O-].[Na+].[Na+]. The van der Waals surface area contributed by atoms with Gasteiger partial charge in [-0.1, -0.05) is 95.0 Å². The normalized spacial score (nSPS) is 9.50. The summed E-state index contributed by atoms with van der Waals surface area (Å²) in [7, 11) is 0. The molecule has 3 nitrogen and oxygen atoms in total. The van der Waals surface area contributed by atoms with Gasteiger partial charge in [-0.25, -0.2) is 0 Å². The van der Waals surface area contributed by atoms with E-state index in [1.54, 1.807) is 0 Å². The van der Waals surface area contributed by atoms with Crippen LogP contribution in [0.15, 0.2) is 30.3 Å². The van der Waals surface area contributed by atoms with Crippen molar-refractivity contribution in [3.8, 4) is 0 Å². The van der Waals surface area contributed by atoms with Gasteiger partial charge in [-0.3, -0.25) is 4.21 Å². The zero-order valence-corrected chi connectivity index (χ0v) is 20.6. The van der Waals surface area contributed by atoms with Gasteiger partial charge in [0.05, 0.1) is 0 Å². The summed E-state index contributed by atoms with van der Waals surface area (Å²) in [5.41, 5.74) is 1.50. The largest absolute Gasteiger partial charge is 1.00 e. The minimum absolute atomic E-state index is 0. The molecular weight excluding hydrogens is 342 g/mol. The Labute approximate surface area is 195 Å². The molecular formula is C18H30Na2O3S. The third kappa shape index (κ3) is 25.5. The Bertz CT molecular complexity index is 361. The van der Waals surface area contributed by atoms with Crippen molar-refractivity contribution in [3.63, 3.8) is 0 Å². The molecule has 0 aliphatic heterocycles. The monoisotopic (exact) mass is 372 g/mol. The van der Waals surface area contributed by atoms with E-state index in [1.165, 1.54) is 76.2 Å². The van der Waals surface area contributed by atoms with Crippen LogP contribution in [0, 0.1) is 0 Å². The molecule has 24 heavy (non-hydrogen) atoms. The number of hydrogen-bond acceptors (Lipinski definition) is 3. The van der Waals surface area contributed by atoms with E-state index in [-0.39, 0.29) is 59.1 Å². The fourth-order valence-electron chi connectivity index (χ4n) is 2.46. The Balaban J connectivity index is -0.000000661. The van der Waals surface area contributed by atoms with Crippen LogP contribution in [0.3, 0.4) is 0 Å². The summed E-state index contributed by atoms with van der Waals surface area (Å²) < 4.78 is 25.3. The molecule has 0 aliphatic rings. The summed E-state index contributed by atoms with van der Waals surface area (Å²) in [5, 5.41) is 0. The summed E-state index contributed by atoms with van der Waals surface area (Å²) in [6.45, 7) is 2.28. The number of rotatable bonds is 11. The molecule has 0 aliphatic carbocycles. The summed E-state index contributed by atoms with van der Waals surface area (Å²) in [5.74, 6) is 0. The fraction of sp³-hybridized carbons (Fsp3) is 0.667. The molecule has 0 bridgehead atoms. The van der Waals surface area contributed by atoms with E-state index in [0.717, 1.165) is 0 Å². The van der Waals surface area contributed by atoms with Gasteiger partial charge in [-0.15, -0.1) is 11.4 Å². The molecule has 0 amide bonds. The van der Waals surface area contributed by atoms with Crippen molar-refractivity contribution in [2.45, 2.75) is 77.6 Å². The molecule has 1 rings (SSSR count). The molecule has 6 heteroatoms. The number of benzene rings is 1. The van der Waals surface area contributed by atoms with Crippen molar-refractivity contribution < 1.29 is 72.4 Å². The van der Waals surface area contributed by atoms with Gasteiger partial charge in [-0.2, -0.15) is 0 Å². The summed E-state index contributed by atoms with van der Waals surface area (Å²) in [4.78, 5) is 0. The molecule has 1 aromatic rings. The van der Waals surface area contributed by atoms with Crippen molar-refractivity contribution in [1.29, 1.82) is 0 Å². The molecule has 0 heterocycles.